The maximum atomic E-state index is 12.8. The van der Waals surface area contributed by atoms with E-state index >= 15 is 0 Å². The molecule has 6 nitrogen and oxygen atoms in total. The smallest absolute Gasteiger partial charge is 0.264 e. The van der Waals surface area contributed by atoms with Crippen molar-refractivity contribution in [3.63, 3.8) is 0 Å². The number of hydrogen-bond acceptors (Lipinski definition) is 5. The Morgan fingerprint density at radius 3 is 2.52 bits per heavy atom. The third kappa shape index (κ3) is 2.78. The lowest BCUT2D eigenvalue weighted by atomic mass is 10.3. The van der Waals surface area contributed by atoms with Crippen LogP contribution >= 0.6 is 11.3 Å². The average molecular weight is 353 g/mol. The fraction of sp³-hybridized carbons (Fsp3) is 0.389. The van der Waals surface area contributed by atoms with Gasteiger partial charge in [-0.05, 0) is 25.0 Å². The summed E-state index contributed by atoms with van der Waals surface area (Å²) in [4.78, 5) is 26.3. The highest BCUT2D eigenvalue weighted by atomic mass is 32.1. The van der Waals surface area contributed by atoms with Crippen LogP contribution in [0.25, 0.3) is 10.1 Å². The van der Waals surface area contributed by atoms with Gasteiger partial charge >= 0.3 is 0 Å². The second-order valence-corrected chi connectivity index (χ2v) is 7.78. The molecule has 0 spiro atoms. The molecule has 1 aliphatic carbocycles. The molecule has 25 heavy (non-hydrogen) atoms. The minimum atomic E-state index is 0.146. The quantitative estimate of drug-likeness (QED) is 0.727. The fourth-order valence-electron chi connectivity index (χ4n) is 3.36. The number of thiophene rings is 1. The minimum absolute atomic E-state index is 0.146. The van der Waals surface area contributed by atoms with Gasteiger partial charge in [-0.1, -0.05) is 0 Å². The molecular formula is C18H19N5OS. The van der Waals surface area contributed by atoms with E-state index in [1.807, 2.05) is 17.0 Å². The summed E-state index contributed by atoms with van der Waals surface area (Å²) in [5, 5.41) is 1.19. The number of carbonyl (C=O) groups is 1. The van der Waals surface area contributed by atoms with Gasteiger partial charge in [0.1, 0.15) is 0 Å². The molecule has 1 aliphatic heterocycles. The second kappa shape index (κ2) is 5.84. The Labute approximate surface area is 149 Å². The molecule has 4 heterocycles. The highest BCUT2D eigenvalue weighted by Crippen LogP contribution is 2.38. The first kappa shape index (κ1) is 14.9. The molecule has 2 fully saturated rings. The van der Waals surface area contributed by atoms with Crippen LogP contribution in [0.5, 0.6) is 0 Å². The van der Waals surface area contributed by atoms with E-state index in [-0.39, 0.29) is 5.91 Å². The number of hydrogen-bond donors (Lipinski definition) is 0. The summed E-state index contributed by atoms with van der Waals surface area (Å²) in [5.74, 6) is 0.891. The van der Waals surface area contributed by atoms with E-state index in [1.165, 1.54) is 22.9 Å². The van der Waals surface area contributed by atoms with Gasteiger partial charge in [-0.25, -0.2) is 9.97 Å². The molecule has 0 radical (unpaired) electrons. The number of nitrogens with zero attached hydrogens (tertiary/aromatic N) is 5. The van der Waals surface area contributed by atoms with Crippen LogP contribution in [0, 0.1) is 0 Å². The van der Waals surface area contributed by atoms with Gasteiger partial charge in [0.2, 0.25) is 5.95 Å². The van der Waals surface area contributed by atoms with Gasteiger partial charge < -0.3 is 14.4 Å². The largest absolute Gasteiger partial charge is 0.349 e. The van der Waals surface area contributed by atoms with Crippen LogP contribution in [-0.4, -0.2) is 51.5 Å². The van der Waals surface area contributed by atoms with Crippen molar-refractivity contribution in [2.45, 2.75) is 18.9 Å². The molecule has 0 unspecified atom stereocenters. The lowest BCUT2D eigenvalue weighted by molar-refractivity contribution is 0.0751. The zero-order chi connectivity index (χ0) is 16.8. The second-order valence-electron chi connectivity index (χ2n) is 6.69. The van der Waals surface area contributed by atoms with Crippen molar-refractivity contribution < 1.29 is 4.79 Å². The van der Waals surface area contributed by atoms with Gasteiger partial charge in [-0.2, -0.15) is 0 Å². The monoisotopic (exact) mass is 353 g/mol. The summed E-state index contributed by atoms with van der Waals surface area (Å²) < 4.78 is 3.51. The Morgan fingerprint density at radius 1 is 1.08 bits per heavy atom. The Hall–Kier alpha value is -2.41. The zero-order valence-electron chi connectivity index (χ0n) is 13.8. The normalized spacial score (nSPS) is 18.1. The minimum Gasteiger partial charge on any atom is -0.349 e. The summed E-state index contributed by atoms with van der Waals surface area (Å²) in [7, 11) is 0. The van der Waals surface area contributed by atoms with E-state index in [9.17, 15) is 4.79 Å². The molecule has 1 saturated heterocycles. The molecule has 5 rings (SSSR count). The molecule has 1 amide bonds. The van der Waals surface area contributed by atoms with Crippen LogP contribution < -0.4 is 4.90 Å². The molecule has 1 saturated carbocycles. The van der Waals surface area contributed by atoms with Crippen LogP contribution in [0.1, 0.15) is 28.6 Å². The molecule has 0 N–H and O–H groups in total. The summed E-state index contributed by atoms with van der Waals surface area (Å²) >= 11 is 1.61. The van der Waals surface area contributed by atoms with Crippen molar-refractivity contribution in [2.24, 2.45) is 0 Å². The maximum Gasteiger partial charge on any atom is 0.264 e. The molecule has 3 aromatic heterocycles. The van der Waals surface area contributed by atoms with Crippen molar-refractivity contribution in [1.29, 1.82) is 0 Å². The molecule has 0 aromatic carbocycles. The molecule has 128 valence electrons. The van der Waals surface area contributed by atoms with Crippen molar-refractivity contribution in [3.05, 3.63) is 41.8 Å². The van der Waals surface area contributed by atoms with Crippen molar-refractivity contribution in [3.8, 4) is 0 Å². The Kier molecular flexibility index (Phi) is 3.48. The van der Waals surface area contributed by atoms with E-state index in [0.717, 1.165) is 23.9 Å². The van der Waals surface area contributed by atoms with Crippen LogP contribution in [0.4, 0.5) is 5.95 Å². The zero-order valence-corrected chi connectivity index (χ0v) is 14.7. The van der Waals surface area contributed by atoms with Crippen LogP contribution in [0.15, 0.2) is 36.9 Å². The maximum absolute atomic E-state index is 12.8. The number of anilines is 1. The third-order valence-electron chi connectivity index (χ3n) is 4.93. The van der Waals surface area contributed by atoms with Gasteiger partial charge in [0.15, 0.2) is 0 Å². The number of amides is 1. The van der Waals surface area contributed by atoms with Crippen molar-refractivity contribution >= 4 is 33.3 Å². The Bertz CT molecular complexity index is 875. The number of aromatic nitrogens is 3. The lowest BCUT2D eigenvalue weighted by Crippen LogP contribution is -2.49. The first-order valence-electron chi connectivity index (χ1n) is 8.70. The van der Waals surface area contributed by atoms with Gasteiger partial charge in [0.05, 0.1) is 9.58 Å². The molecule has 2 aliphatic rings. The number of fused-ring (bicyclic) bond motifs is 1. The van der Waals surface area contributed by atoms with Crippen LogP contribution in [-0.2, 0) is 0 Å². The highest BCUT2D eigenvalue weighted by Gasteiger charge is 2.26. The Balaban J connectivity index is 1.27. The predicted molar refractivity (Wildman–Crippen MR) is 98.2 cm³/mol. The molecule has 7 heteroatoms. The molecular weight excluding hydrogens is 334 g/mol. The molecule has 0 atom stereocenters. The predicted octanol–water partition coefficient (Wildman–Crippen LogP) is 2.79. The molecule has 3 aromatic rings. The van der Waals surface area contributed by atoms with Crippen LogP contribution in [0.2, 0.25) is 0 Å². The Morgan fingerprint density at radius 2 is 1.84 bits per heavy atom. The summed E-state index contributed by atoms with van der Waals surface area (Å²) in [6, 6.07) is 4.55. The van der Waals surface area contributed by atoms with E-state index < -0.39 is 0 Å². The van der Waals surface area contributed by atoms with E-state index in [0.29, 0.717) is 19.1 Å². The summed E-state index contributed by atoms with van der Waals surface area (Å²) in [6.45, 7) is 2.96. The van der Waals surface area contributed by atoms with Crippen molar-refractivity contribution in [2.75, 3.05) is 31.1 Å². The van der Waals surface area contributed by atoms with Gasteiger partial charge in [-0.3, -0.25) is 4.79 Å². The first-order chi connectivity index (χ1) is 12.3. The third-order valence-corrected chi connectivity index (χ3v) is 6.00. The summed E-state index contributed by atoms with van der Waals surface area (Å²) in [5.41, 5.74) is 0. The average Bonchev–Trinajstić information content (AvgIpc) is 3.32. The number of piperazine rings is 1. The van der Waals surface area contributed by atoms with E-state index in [4.69, 9.17) is 0 Å². The van der Waals surface area contributed by atoms with E-state index in [1.54, 1.807) is 23.7 Å². The van der Waals surface area contributed by atoms with Gasteiger partial charge in [0.25, 0.3) is 5.91 Å². The first-order valence-corrected chi connectivity index (χ1v) is 9.52. The molecule has 0 bridgehead atoms. The van der Waals surface area contributed by atoms with Crippen LogP contribution in [0.3, 0.4) is 0 Å². The summed E-state index contributed by atoms with van der Waals surface area (Å²) in [6.07, 6.45) is 10.5. The topological polar surface area (TPSA) is 54.3 Å². The fourth-order valence-corrected chi connectivity index (χ4v) is 4.41. The van der Waals surface area contributed by atoms with Gasteiger partial charge in [-0.15, -0.1) is 11.3 Å². The lowest BCUT2D eigenvalue weighted by Gasteiger charge is -2.34. The highest BCUT2D eigenvalue weighted by molar-refractivity contribution is 7.20. The standard InChI is InChI=1S/C18H19N5OS/c24-17(15-10-13-11-23(14-2-3-14)12-16(13)25-15)21-6-8-22(9-7-21)18-19-4-1-5-20-18/h1,4-5,10-12,14H,2-3,6-9H2. The SMILES string of the molecule is O=C(c1cc2cn(C3CC3)cc2s1)N1CCN(c2ncccn2)CC1. The number of carbonyl (C=O) groups excluding carboxylic acids is 1. The van der Waals surface area contributed by atoms with E-state index in [2.05, 4.69) is 31.8 Å². The van der Waals surface area contributed by atoms with Crippen molar-refractivity contribution in [1.82, 2.24) is 19.4 Å². The van der Waals surface area contributed by atoms with Gasteiger partial charge in [0, 0.05) is 62.4 Å². The number of rotatable bonds is 3.